The lowest BCUT2D eigenvalue weighted by Crippen LogP contribution is -2.30. The molecule has 0 aromatic carbocycles. The van der Waals surface area contributed by atoms with Crippen molar-refractivity contribution in [2.75, 3.05) is 6.54 Å². The normalized spacial score (nSPS) is 18.3. The fourth-order valence-electron chi connectivity index (χ4n) is 1.40. The summed E-state index contributed by atoms with van der Waals surface area (Å²) in [6, 6.07) is 3.15. The van der Waals surface area contributed by atoms with Gasteiger partial charge in [0, 0.05) is 23.8 Å². The van der Waals surface area contributed by atoms with Crippen molar-refractivity contribution < 1.29 is 8.42 Å². The molecule has 1 saturated carbocycles. The number of hydrogen-bond donors (Lipinski definition) is 1. The van der Waals surface area contributed by atoms with Gasteiger partial charge in [-0.05, 0) is 30.9 Å². The highest BCUT2D eigenvalue weighted by Crippen LogP contribution is 2.36. The first-order valence-corrected chi connectivity index (χ1v) is 7.53. The van der Waals surface area contributed by atoms with Gasteiger partial charge in [-0.15, -0.1) is 0 Å². The highest BCUT2D eigenvalue weighted by molar-refractivity contribution is 9.09. The molecule has 1 unspecified atom stereocenters. The van der Waals surface area contributed by atoms with Crippen molar-refractivity contribution in [3.8, 4) is 0 Å². The van der Waals surface area contributed by atoms with Gasteiger partial charge in [-0.1, -0.05) is 15.9 Å². The third kappa shape index (κ3) is 3.02. The lowest BCUT2D eigenvalue weighted by molar-refractivity contribution is 0.577. The topological polar surface area (TPSA) is 59.1 Å². The predicted octanol–water partition coefficient (Wildman–Crippen LogP) is 1.53. The van der Waals surface area contributed by atoms with Gasteiger partial charge in [0.15, 0.2) is 0 Å². The van der Waals surface area contributed by atoms with E-state index in [-0.39, 0.29) is 9.72 Å². The highest BCUT2D eigenvalue weighted by Gasteiger charge is 2.30. The maximum Gasteiger partial charge on any atom is 0.242 e. The van der Waals surface area contributed by atoms with Crippen LogP contribution in [0.5, 0.6) is 0 Å². The molecule has 0 bridgehead atoms. The molecule has 1 fully saturated rings. The van der Waals surface area contributed by atoms with Gasteiger partial charge in [0.05, 0.1) is 0 Å². The lowest BCUT2D eigenvalue weighted by atomic mass is 10.3. The Morgan fingerprint density at radius 2 is 2.31 bits per heavy atom. The summed E-state index contributed by atoms with van der Waals surface area (Å²) in [4.78, 5) is 4.24. The van der Waals surface area contributed by atoms with Gasteiger partial charge < -0.3 is 0 Å². The molecule has 6 heteroatoms. The van der Waals surface area contributed by atoms with Gasteiger partial charge in [0.1, 0.15) is 4.90 Å². The highest BCUT2D eigenvalue weighted by atomic mass is 79.9. The summed E-state index contributed by atoms with van der Waals surface area (Å²) >= 11 is 3.49. The number of nitrogens with one attached hydrogen (secondary N) is 1. The second kappa shape index (κ2) is 4.81. The Bertz CT molecular complexity index is 445. The Morgan fingerprint density at radius 1 is 1.56 bits per heavy atom. The smallest absolute Gasteiger partial charge is 0.242 e. The van der Waals surface area contributed by atoms with E-state index in [2.05, 4.69) is 25.6 Å². The third-order valence-electron chi connectivity index (χ3n) is 2.55. The molecular weight excluding hydrogens is 292 g/mol. The molecule has 88 valence electrons. The van der Waals surface area contributed by atoms with E-state index in [0.29, 0.717) is 12.5 Å². The Labute approximate surface area is 104 Å². The van der Waals surface area contributed by atoms with E-state index in [4.69, 9.17) is 0 Å². The van der Waals surface area contributed by atoms with Crippen LogP contribution < -0.4 is 4.72 Å². The summed E-state index contributed by atoms with van der Waals surface area (Å²) in [5, 5.41) is 0. The Morgan fingerprint density at radius 3 is 2.88 bits per heavy atom. The van der Waals surface area contributed by atoms with Crippen molar-refractivity contribution in [3.05, 3.63) is 24.5 Å². The van der Waals surface area contributed by atoms with Gasteiger partial charge in [0.25, 0.3) is 0 Å². The van der Waals surface area contributed by atoms with Crippen LogP contribution in [0.15, 0.2) is 29.4 Å². The SMILES string of the molecule is O=S(=O)(NCC(Br)C1CC1)c1cccnc1. The minimum Gasteiger partial charge on any atom is -0.263 e. The second-order valence-electron chi connectivity index (χ2n) is 3.89. The van der Waals surface area contributed by atoms with E-state index in [1.165, 1.54) is 25.1 Å². The van der Waals surface area contributed by atoms with Crippen molar-refractivity contribution >= 4 is 26.0 Å². The fourth-order valence-corrected chi connectivity index (χ4v) is 3.33. The second-order valence-corrected chi connectivity index (χ2v) is 6.84. The largest absolute Gasteiger partial charge is 0.263 e. The summed E-state index contributed by atoms with van der Waals surface area (Å²) < 4.78 is 26.2. The van der Waals surface area contributed by atoms with Crippen LogP contribution in [-0.2, 0) is 10.0 Å². The van der Waals surface area contributed by atoms with Crippen LogP contribution in [0.2, 0.25) is 0 Å². The first-order chi connectivity index (χ1) is 7.59. The summed E-state index contributed by atoms with van der Waals surface area (Å²) in [5.74, 6) is 0.622. The van der Waals surface area contributed by atoms with Crippen LogP contribution in [0, 0.1) is 5.92 Å². The maximum atomic E-state index is 11.8. The number of alkyl halides is 1. The molecule has 0 radical (unpaired) electrons. The molecule has 1 N–H and O–H groups in total. The van der Waals surface area contributed by atoms with Crippen molar-refractivity contribution in [1.29, 1.82) is 0 Å². The van der Waals surface area contributed by atoms with E-state index in [1.807, 2.05) is 0 Å². The molecule has 0 spiro atoms. The first kappa shape index (κ1) is 12.0. The molecule has 1 aliphatic carbocycles. The number of rotatable bonds is 5. The van der Waals surface area contributed by atoms with Gasteiger partial charge >= 0.3 is 0 Å². The number of pyridine rings is 1. The van der Waals surface area contributed by atoms with Crippen molar-refractivity contribution in [1.82, 2.24) is 9.71 Å². The molecule has 4 nitrogen and oxygen atoms in total. The van der Waals surface area contributed by atoms with Crippen LogP contribution in [0.3, 0.4) is 0 Å². The average molecular weight is 305 g/mol. The van der Waals surface area contributed by atoms with E-state index in [1.54, 1.807) is 12.3 Å². The Hall–Kier alpha value is -0.460. The van der Waals surface area contributed by atoms with Crippen LogP contribution in [0.4, 0.5) is 0 Å². The van der Waals surface area contributed by atoms with Crippen LogP contribution in [0.25, 0.3) is 0 Å². The molecule has 0 aliphatic heterocycles. The Balaban J connectivity index is 1.97. The molecule has 1 aromatic heterocycles. The molecule has 1 aliphatic rings. The molecule has 1 heterocycles. The third-order valence-corrected chi connectivity index (χ3v) is 5.03. The van der Waals surface area contributed by atoms with Crippen molar-refractivity contribution in [3.63, 3.8) is 0 Å². The number of halogens is 1. The molecule has 1 atom stereocenters. The predicted molar refractivity (Wildman–Crippen MR) is 64.9 cm³/mol. The van der Waals surface area contributed by atoms with Gasteiger partial charge in [-0.25, -0.2) is 13.1 Å². The molecule has 0 amide bonds. The maximum absolute atomic E-state index is 11.8. The van der Waals surface area contributed by atoms with E-state index in [0.717, 1.165) is 0 Å². The fraction of sp³-hybridized carbons (Fsp3) is 0.500. The zero-order valence-corrected chi connectivity index (χ0v) is 11.0. The molecule has 16 heavy (non-hydrogen) atoms. The Kier molecular flexibility index (Phi) is 3.61. The number of aromatic nitrogens is 1. The minimum atomic E-state index is -3.40. The molecule has 1 aromatic rings. The quantitative estimate of drug-likeness (QED) is 0.839. The number of sulfonamides is 1. The molecule has 0 saturated heterocycles. The monoisotopic (exact) mass is 304 g/mol. The van der Waals surface area contributed by atoms with Gasteiger partial charge in [-0.2, -0.15) is 0 Å². The van der Waals surface area contributed by atoms with Crippen LogP contribution in [-0.4, -0.2) is 24.8 Å². The first-order valence-electron chi connectivity index (χ1n) is 5.13. The van der Waals surface area contributed by atoms with Gasteiger partial charge in [-0.3, -0.25) is 4.98 Å². The van der Waals surface area contributed by atoms with E-state index in [9.17, 15) is 8.42 Å². The summed E-state index contributed by atoms with van der Waals surface area (Å²) in [6.45, 7) is 0.432. The van der Waals surface area contributed by atoms with Gasteiger partial charge in [0.2, 0.25) is 10.0 Å². The summed E-state index contributed by atoms with van der Waals surface area (Å²) in [5.41, 5.74) is 0. The average Bonchev–Trinajstić information content (AvgIpc) is 3.11. The van der Waals surface area contributed by atoms with Crippen LogP contribution >= 0.6 is 15.9 Å². The number of hydrogen-bond acceptors (Lipinski definition) is 3. The lowest BCUT2D eigenvalue weighted by Gasteiger charge is -2.10. The summed E-state index contributed by atoms with van der Waals surface area (Å²) in [6.07, 6.45) is 5.27. The minimum absolute atomic E-state index is 0.213. The molecule has 2 rings (SSSR count). The molecular formula is C10H13BrN2O2S. The number of nitrogens with zero attached hydrogens (tertiary/aromatic N) is 1. The standard InChI is InChI=1S/C10H13BrN2O2S/c11-10(8-3-4-8)7-13-16(14,15)9-2-1-5-12-6-9/h1-2,5-6,8,10,13H,3-4,7H2. The zero-order chi connectivity index (χ0) is 11.6. The van der Waals surface area contributed by atoms with E-state index < -0.39 is 10.0 Å². The van der Waals surface area contributed by atoms with E-state index >= 15 is 0 Å². The summed E-state index contributed by atoms with van der Waals surface area (Å²) in [7, 11) is -3.40. The van der Waals surface area contributed by atoms with Crippen molar-refractivity contribution in [2.45, 2.75) is 22.6 Å². The zero-order valence-electron chi connectivity index (χ0n) is 8.64. The van der Waals surface area contributed by atoms with Crippen LogP contribution in [0.1, 0.15) is 12.8 Å². The van der Waals surface area contributed by atoms with Crippen molar-refractivity contribution in [2.24, 2.45) is 5.92 Å².